The molecule has 1 aliphatic rings. The van der Waals surface area contributed by atoms with Crippen LogP contribution in [0.3, 0.4) is 0 Å². The summed E-state index contributed by atoms with van der Waals surface area (Å²) in [7, 11) is 0. The van der Waals surface area contributed by atoms with E-state index < -0.39 is 12.1 Å². The van der Waals surface area contributed by atoms with Crippen LogP contribution in [0.4, 0.5) is 0 Å². The maximum absolute atomic E-state index is 11.8. The predicted octanol–water partition coefficient (Wildman–Crippen LogP) is 1.62. The molecule has 0 saturated carbocycles. The highest BCUT2D eigenvalue weighted by molar-refractivity contribution is 6.30. The van der Waals surface area contributed by atoms with Crippen LogP contribution in [-0.2, 0) is 16.0 Å². The van der Waals surface area contributed by atoms with Gasteiger partial charge in [0, 0.05) is 24.4 Å². The molecule has 1 amide bonds. The third kappa shape index (κ3) is 3.61. The fraction of sp³-hybridized carbons (Fsp3) is 0.385. The molecule has 1 aromatic rings. The molecular weight excluding hydrogens is 270 g/mol. The number of hydrogen-bond acceptors (Lipinski definition) is 3. The van der Waals surface area contributed by atoms with Crippen molar-refractivity contribution in [2.45, 2.75) is 25.4 Å². The van der Waals surface area contributed by atoms with Gasteiger partial charge < -0.3 is 15.2 Å². The summed E-state index contributed by atoms with van der Waals surface area (Å²) in [6, 6.07) is 5.25. The minimum absolute atomic E-state index is 0.0433. The number of carbonyl (C=O) groups excluding carboxylic acids is 1. The quantitative estimate of drug-likeness (QED) is 0.805. The standard InChI is InChI=1S/C13H14ClNO4/c14-9-3-4-10-8(6-9)7-11(19-10)13(18)15-5-1-2-12(16)17/h3-4,6,11H,1-2,5,7H2,(H,15,18)(H,16,17)/t11-/m0/s1. The van der Waals surface area contributed by atoms with E-state index in [4.69, 9.17) is 21.4 Å². The number of carbonyl (C=O) groups is 2. The van der Waals surface area contributed by atoms with E-state index in [0.717, 1.165) is 5.56 Å². The third-order valence-electron chi connectivity index (χ3n) is 2.86. The number of carboxylic acid groups (broad SMARTS) is 1. The van der Waals surface area contributed by atoms with Crippen molar-refractivity contribution < 1.29 is 19.4 Å². The van der Waals surface area contributed by atoms with E-state index in [9.17, 15) is 9.59 Å². The third-order valence-corrected chi connectivity index (χ3v) is 3.09. The number of hydrogen-bond donors (Lipinski definition) is 2. The van der Waals surface area contributed by atoms with Crippen LogP contribution in [0.15, 0.2) is 18.2 Å². The Morgan fingerprint density at radius 1 is 1.47 bits per heavy atom. The Hall–Kier alpha value is -1.75. The lowest BCUT2D eigenvalue weighted by atomic mass is 10.1. The van der Waals surface area contributed by atoms with Crippen molar-refractivity contribution in [1.29, 1.82) is 0 Å². The van der Waals surface area contributed by atoms with Gasteiger partial charge in [0.15, 0.2) is 6.10 Å². The van der Waals surface area contributed by atoms with Crippen molar-refractivity contribution in [2.75, 3.05) is 6.54 Å². The first-order valence-electron chi connectivity index (χ1n) is 6.01. The average Bonchev–Trinajstić information content (AvgIpc) is 2.77. The minimum Gasteiger partial charge on any atom is -0.481 e. The number of rotatable bonds is 5. The molecule has 5 nitrogen and oxygen atoms in total. The number of aliphatic carboxylic acids is 1. The number of amides is 1. The second-order valence-electron chi connectivity index (χ2n) is 4.35. The first-order chi connectivity index (χ1) is 9.06. The predicted molar refractivity (Wildman–Crippen MR) is 69.5 cm³/mol. The lowest BCUT2D eigenvalue weighted by Gasteiger charge is -2.10. The molecule has 0 spiro atoms. The first kappa shape index (κ1) is 13.7. The van der Waals surface area contributed by atoms with Crippen LogP contribution in [0.25, 0.3) is 0 Å². The van der Waals surface area contributed by atoms with E-state index >= 15 is 0 Å². The van der Waals surface area contributed by atoms with Gasteiger partial charge in [-0.25, -0.2) is 0 Å². The van der Waals surface area contributed by atoms with Gasteiger partial charge in [-0.1, -0.05) is 11.6 Å². The van der Waals surface area contributed by atoms with Gasteiger partial charge >= 0.3 is 5.97 Å². The van der Waals surface area contributed by atoms with E-state index in [1.165, 1.54) is 0 Å². The molecule has 19 heavy (non-hydrogen) atoms. The van der Waals surface area contributed by atoms with E-state index in [0.29, 0.717) is 30.2 Å². The Labute approximate surface area is 115 Å². The van der Waals surface area contributed by atoms with Gasteiger partial charge in [0.2, 0.25) is 0 Å². The monoisotopic (exact) mass is 283 g/mol. The van der Waals surface area contributed by atoms with Crippen LogP contribution in [0.5, 0.6) is 5.75 Å². The van der Waals surface area contributed by atoms with Crippen LogP contribution in [0.1, 0.15) is 18.4 Å². The SMILES string of the molecule is O=C(O)CCCNC(=O)[C@@H]1Cc2cc(Cl)ccc2O1. The Bertz CT molecular complexity index is 503. The highest BCUT2D eigenvalue weighted by atomic mass is 35.5. The molecule has 0 aliphatic carbocycles. The summed E-state index contributed by atoms with van der Waals surface area (Å²) in [5.41, 5.74) is 0.915. The van der Waals surface area contributed by atoms with Crippen molar-refractivity contribution in [3.63, 3.8) is 0 Å². The fourth-order valence-corrected chi connectivity index (χ4v) is 2.12. The second kappa shape index (κ2) is 5.93. The molecule has 1 aliphatic heterocycles. The summed E-state index contributed by atoms with van der Waals surface area (Å²) < 4.78 is 5.51. The molecule has 0 bridgehead atoms. The van der Waals surface area contributed by atoms with Gasteiger partial charge in [-0.15, -0.1) is 0 Å². The number of nitrogens with one attached hydrogen (secondary N) is 1. The number of benzene rings is 1. The van der Waals surface area contributed by atoms with Crippen LogP contribution < -0.4 is 10.1 Å². The summed E-state index contributed by atoms with van der Waals surface area (Å²) in [5, 5.41) is 11.8. The van der Waals surface area contributed by atoms with Crippen LogP contribution in [-0.4, -0.2) is 29.6 Å². The second-order valence-corrected chi connectivity index (χ2v) is 4.79. The molecule has 6 heteroatoms. The Morgan fingerprint density at radius 3 is 3.00 bits per heavy atom. The number of carboxylic acids is 1. The maximum Gasteiger partial charge on any atom is 0.303 e. The van der Waals surface area contributed by atoms with Gasteiger partial charge in [0.25, 0.3) is 5.91 Å². The first-order valence-corrected chi connectivity index (χ1v) is 6.38. The number of halogens is 1. The molecule has 2 N–H and O–H groups in total. The average molecular weight is 284 g/mol. The highest BCUT2D eigenvalue weighted by Gasteiger charge is 2.28. The molecule has 1 heterocycles. The minimum atomic E-state index is -0.867. The van der Waals surface area contributed by atoms with Crippen molar-refractivity contribution in [3.8, 4) is 5.75 Å². The molecule has 0 unspecified atom stereocenters. The zero-order valence-electron chi connectivity index (χ0n) is 10.2. The normalized spacial score (nSPS) is 16.6. The molecule has 0 radical (unpaired) electrons. The fourth-order valence-electron chi connectivity index (χ4n) is 1.93. The molecule has 0 fully saturated rings. The molecule has 1 aromatic carbocycles. The summed E-state index contributed by atoms with van der Waals surface area (Å²) in [4.78, 5) is 22.2. The highest BCUT2D eigenvalue weighted by Crippen LogP contribution is 2.31. The van der Waals surface area contributed by atoms with Gasteiger partial charge in [-0.2, -0.15) is 0 Å². The van der Waals surface area contributed by atoms with Crippen molar-refractivity contribution in [2.24, 2.45) is 0 Å². The number of ether oxygens (including phenoxy) is 1. The van der Waals surface area contributed by atoms with Crippen molar-refractivity contribution in [1.82, 2.24) is 5.32 Å². The zero-order chi connectivity index (χ0) is 13.8. The zero-order valence-corrected chi connectivity index (χ0v) is 10.9. The number of fused-ring (bicyclic) bond motifs is 1. The lowest BCUT2D eigenvalue weighted by molar-refractivity contribution is -0.137. The lowest BCUT2D eigenvalue weighted by Crippen LogP contribution is -2.38. The topological polar surface area (TPSA) is 75.6 Å². The van der Waals surface area contributed by atoms with Crippen molar-refractivity contribution in [3.05, 3.63) is 28.8 Å². The van der Waals surface area contributed by atoms with Crippen LogP contribution >= 0.6 is 11.6 Å². The van der Waals surface area contributed by atoms with E-state index in [-0.39, 0.29) is 12.3 Å². The molecule has 0 aromatic heterocycles. The summed E-state index contributed by atoms with van der Waals surface area (Å²) in [5.74, 6) is -0.416. The summed E-state index contributed by atoms with van der Waals surface area (Å²) in [6.45, 7) is 0.335. The molecule has 1 atom stereocenters. The van der Waals surface area contributed by atoms with Gasteiger partial charge in [0.1, 0.15) is 5.75 Å². The Morgan fingerprint density at radius 2 is 2.26 bits per heavy atom. The van der Waals surface area contributed by atoms with E-state index in [1.807, 2.05) is 0 Å². The molecule has 0 saturated heterocycles. The molecule has 2 rings (SSSR count). The maximum atomic E-state index is 11.8. The van der Waals surface area contributed by atoms with Crippen LogP contribution in [0, 0.1) is 0 Å². The van der Waals surface area contributed by atoms with E-state index in [2.05, 4.69) is 5.32 Å². The largest absolute Gasteiger partial charge is 0.481 e. The van der Waals surface area contributed by atoms with Crippen molar-refractivity contribution >= 4 is 23.5 Å². The van der Waals surface area contributed by atoms with Gasteiger partial charge in [-0.3, -0.25) is 9.59 Å². The smallest absolute Gasteiger partial charge is 0.303 e. The molecular formula is C13H14ClNO4. The summed E-state index contributed by atoms with van der Waals surface area (Å²) in [6.07, 6.45) is 0.382. The Kier molecular flexibility index (Phi) is 4.27. The molecule has 102 valence electrons. The Balaban J connectivity index is 1.82. The van der Waals surface area contributed by atoms with Gasteiger partial charge in [0.05, 0.1) is 0 Å². The van der Waals surface area contributed by atoms with Crippen LogP contribution in [0.2, 0.25) is 5.02 Å². The van der Waals surface area contributed by atoms with Gasteiger partial charge in [-0.05, 0) is 30.2 Å². The summed E-state index contributed by atoms with van der Waals surface area (Å²) >= 11 is 5.87. The van der Waals surface area contributed by atoms with E-state index in [1.54, 1.807) is 18.2 Å².